The summed E-state index contributed by atoms with van der Waals surface area (Å²) in [5, 5.41) is 9.30. The molecule has 0 radical (unpaired) electrons. The third-order valence-electron chi connectivity index (χ3n) is 5.78. The van der Waals surface area contributed by atoms with Crippen molar-refractivity contribution in [3.05, 3.63) is 78.0 Å². The fourth-order valence-electron chi connectivity index (χ4n) is 3.72. The number of phenols is 1. The smallest absolute Gasteiger partial charge is 0.200 e. The molecule has 34 heavy (non-hydrogen) atoms. The molecule has 0 aliphatic rings. The Morgan fingerprint density at radius 1 is 0.941 bits per heavy atom. The molecular formula is C29H33F2NO2. The Labute approximate surface area is 201 Å². The Morgan fingerprint density at radius 3 is 2.41 bits per heavy atom. The third kappa shape index (κ3) is 7.22. The number of rotatable bonds is 12. The molecule has 3 nitrogen and oxygen atoms in total. The molecule has 3 rings (SSSR count). The second-order valence-electron chi connectivity index (χ2n) is 8.54. The molecule has 1 heterocycles. The zero-order valence-corrected chi connectivity index (χ0v) is 19.9. The highest BCUT2D eigenvalue weighted by Gasteiger charge is 2.14. The summed E-state index contributed by atoms with van der Waals surface area (Å²) in [5.74, 6) is -2.99. The predicted molar refractivity (Wildman–Crippen MR) is 135 cm³/mol. The Balaban J connectivity index is 1.50. The number of allylic oxidation sites excluding steroid dienone is 1. The van der Waals surface area contributed by atoms with E-state index in [0.29, 0.717) is 11.7 Å². The minimum absolute atomic E-state index is 0.104. The molecule has 180 valence electrons. The van der Waals surface area contributed by atoms with Gasteiger partial charge >= 0.3 is 0 Å². The number of aromatic hydroxyl groups is 1. The van der Waals surface area contributed by atoms with Gasteiger partial charge in [-0.1, -0.05) is 62.2 Å². The average molecular weight is 466 g/mol. The molecule has 1 N–H and O–H groups in total. The van der Waals surface area contributed by atoms with Crippen LogP contribution >= 0.6 is 0 Å². The average Bonchev–Trinajstić information content (AvgIpc) is 2.86. The van der Waals surface area contributed by atoms with E-state index < -0.39 is 17.4 Å². The fraction of sp³-hybridized carbons (Fsp3) is 0.345. The molecule has 0 spiro atoms. The van der Waals surface area contributed by atoms with Gasteiger partial charge in [0.2, 0.25) is 5.82 Å². The highest BCUT2D eigenvalue weighted by atomic mass is 19.2. The summed E-state index contributed by atoms with van der Waals surface area (Å²) in [6, 6.07) is 13.6. The van der Waals surface area contributed by atoms with Gasteiger partial charge in [0.1, 0.15) is 0 Å². The van der Waals surface area contributed by atoms with Gasteiger partial charge in [-0.25, -0.2) is 4.39 Å². The van der Waals surface area contributed by atoms with Gasteiger partial charge in [0.25, 0.3) is 0 Å². The van der Waals surface area contributed by atoms with Crippen LogP contribution < -0.4 is 0 Å². The molecule has 3 aromatic rings. The van der Waals surface area contributed by atoms with Gasteiger partial charge in [0.15, 0.2) is 11.6 Å². The molecule has 0 saturated heterocycles. The van der Waals surface area contributed by atoms with E-state index in [1.807, 2.05) is 30.5 Å². The number of ether oxygens (including phenoxy) is 1. The molecule has 0 aliphatic carbocycles. The van der Waals surface area contributed by atoms with E-state index in [-0.39, 0.29) is 5.56 Å². The molecule has 2 aromatic carbocycles. The molecule has 0 amide bonds. The van der Waals surface area contributed by atoms with Crippen LogP contribution in [0.1, 0.15) is 57.9 Å². The number of phenolic OH excluding ortho intramolecular Hbond substituents is 1. The normalized spacial score (nSPS) is 12.4. The van der Waals surface area contributed by atoms with E-state index in [9.17, 15) is 13.9 Å². The third-order valence-corrected chi connectivity index (χ3v) is 5.78. The number of pyridine rings is 1. The second-order valence-corrected chi connectivity index (χ2v) is 8.54. The maximum Gasteiger partial charge on any atom is 0.200 e. The van der Waals surface area contributed by atoms with E-state index >= 15 is 0 Å². The van der Waals surface area contributed by atoms with E-state index in [0.717, 1.165) is 55.2 Å². The number of benzene rings is 2. The lowest BCUT2D eigenvalue weighted by atomic mass is 10.0. The number of nitrogens with zero attached hydrogens (tertiary/aromatic N) is 1. The molecule has 0 saturated carbocycles. The quantitative estimate of drug-likeness (QED) is 0.274. The van der Waals surface area contributed by atoms with Crippen molar-refractivity contribution in [1.29, 1.82) is 0 Å². The van der Waals surface area contributed by atoms with Crippen LogP contribution in [0.2, 0.25) is 0 Å². The van der Waals surface area contributed by atoms with Crippen molar-refractivity contribution in [3.63, 3.8) is 0 Å². The topological polar surface area (TPSA) is 42.4 Å². The van der Waals surface area contributed by atoms with E-state index in [4.69, 9.17) is 4.74 Å². The highest BCUT2D eigenvalue weighted by molar-refractivity contribution is 5.70. The first-order valence-electron chi connectivity index (χ1n) is 12.0. The number of hydrogen-bond donors (Lipinski definition) is 1. The number of hydrogen-bond acceptors (Lipinski definition) is 3. The first-order valence-corrected chi connectivity index (χ1v) is 12.0. The van der Waals surface area contributed by atoms with Gasteiger partial charge < -0.3 is 9.84 Å². The zero-order chi connectivity index (χ0) is 24.3. The summed E-state index contributed by atoms with van der Waals surface area (Å²) < 4.78 is 33.6. The Morgan fingerprint density at radius 2 is 1.71 bits per heavy atom. The maximum atomic E-state index is 14.1. The zero-order valence-electron chi connectivity index (χ0n) is 19.9. The lowest BCUT2D eigenvalue weighted by Gasteiger charge is -2.11. The number of halogens is 2. The Bertz CT molecular complexity index is 1060. The van der Waals surface area contributed by atoms with Crippen LogP contribution in [0.5, 0.6) is 5.75 Å². The van der Waals surface area contributed by atoms with Crippen LogP contribution in [0.15, 0.2) is 60.8 Å². The van der Waals surface area contributed by atoms with Crippen molar-refractivity contribution in [2.75, 3.05) is 6.61 Å². The summed E-state index contributed by atoms with van der Waals surface area (Å²) >= 11 is 0. The molecule has 0 fully saturated rings. The summed E-state index contributed by atoms with van der Waals surface area (Å²) in [5.41, 5.74) is 3.35. The van der Waals surface area contributed by atoms with Crippen molar-refractivity contribution in [2.45, 2.75) is 58.5 Å². The van der Waals surface area contributed by atoms with Crippen LogP contribution in [-0.4, -0.2) is 22.8 Å². The van der Waals surface area contributed by atoms with E-state index in [2.05, 4.69) is 31.0 Å². The van der Waals surface area contributed by atoms with Crippen molar-refractivity contribution >= 4 is 6.08 Å². The SMILES string of the molecule is CCCCCOC(C)CCCC=Cc1ccc(-c2ccc(-c3ccc(O)c(F)c3F)cc2)nc1. The molecule has 1 aromatic heterocycles. The van der Waals surface area contributed by atoms with Crippen molar-refractivity contribution in [2.24, 2.45) is 0 Å². The first-order chi connectivity index (χ1) is 16.5. The monoisotopic (exact) mass is 465 g/mol. The Kier molecular flexibility index (Phi) is 9.77. The van der Waals surface area contributed by atoms with Gasteiger partial charge in [0.05, 0.1) is 11.8 Å². The van der Waals surface area contributed by atoms with Gasteiger partial charge in [-0.2, -0.15) is 4.39 Å². The molecule has 5 heteroatoms. The van der Waals surface area contributed by atoms with Gasteiger partial charge in [0, 0.05) is 23.9 Å². The van der Waals surface area contributed by atoms with Gasteiger partial charge in [-0.3, -0.25) is 4.98 Å². The van der Waals surface area contributed by atoms with Crippen molar-refractivity contribution in [1.82, 2.24) is 4.98 Å². The van der Waals surface area contributed by atoms with Crippen LogP contribution in [0, 0.1) is 11.6 Å². The number of unbranched alkanes of at least 4 members (excludes halogenated alkanes) is 3. The van der Waals surface area contributed by atoms with Crippen LogP contribution in [0.3, 0.4) is 0 Å². The largest absolute Gasteiger partial charge is 0.505 e. The van der Waals surface area contributed by atoms with Crippen LogP contribution in [0.25, 0.3) is 28.5 Å². The van der Waals surface area contributed by atoms with Gasteiger partial charge in [-0.15, -0.1) is 0 Å². The van der Waals surface area contributed by atoms with Gasteiger partial charge in [-0.05, 0) is 61.9 Å². The second kappa shape index (κ2) is 13.0. The lowest BCUT2D eigenvalue weighted by molar-refractivity contribution is 0.0566. The van der Waals surface area contributed by atoms with Crippen LogP contribution in [0.4, 0.5) is 8.78 Å². The molecule has 1 unspecified atom stereocenters. The first kappa shape index (κ1) is 25.6. The maximum absolute atomic E-state index is 14.1. The van der Waals surface area contributed by atoms with Crippen molar-refractivity contribution in [3.8, 4) is 28.1 Å². The lowest BCUT2D eigenvalue weighted by Crippen LogP contribution is -2.08. The Hall–Kier alpha value is -3.05. The minimum Gasteiger partial charge on any atom is -0.505 e. The molecule has 1 atom stereocenters. The summed E-state index contributed by atoms with van der Waals surface area (Å²) in [7, 11) is 0. The minimum atomic E-state index is -1.24. The molecule has 0 bridgehead atoms. The predicted octanol–water partition coefficient (Wildman–Crippen LogP) is 8.18. The summed E-state index contributed by atoms with van der Waals surface area (Å²) in [6.07, 6.45) is 13.1. The highest BCUT2D eigenvalue weighted by Crippen LogP contribution is 2.30. The van der Waals surface area contributed by atoms with E-state index in [1.165, 1.54) is 18.9 Å². The fourth-order valence-corrected chi connectivity index (χ4v) is 3.72. The number of aromatic nitrogens is 1. The summed E-state index contributed by atoms with van der Waals surface area (Å²) in [4.78, 5) is 4.53. The van der Waals surface area contributed by atoms with Crippen LogP contribution in [-0.2, 0) is 4.74 Å². The standard InChI is InChI=1S/C29H33F2NO2/c1-3-4-8-19-34-21(2)9-6-5-7-10-22-11-17-26(32-20-22)24-14-12-23(13-15-24)25-16-18-27(33)29(31)28(25)30/h7,10-18,20-21,33H,3-6,8-9,19H2,1-2H3. The van der Waals surface area contributed by atoms with E-state index in [1.54, 1.807) is 12.1 Å². The van der Waals surface area contributed by atoms with Crippen molar-refractivity contribution < 1.29 is 18.6 Å². The molecule has 0 aliphatic heterocycles. The summed E-state index contributed by atoms with van der Waals surface area (Å²) in [6.45, 7) is 5.20. The molecular weight excluding hydrogens is 432 g/mol.